The van der Waals surface area contributed by atoms with Crippen LogP contribution in [0.15, 0.2) is 22.7 Å². The van der Waals surface area contributed by atoms with Gasteiger partial charge in [-0.05, 0) is 57.4 Å². The van der Waals surface area contributed by atoms with Gasteiger partial charge in [-0.15, -0.1) is 0 Å². The number of carbonyl (C=O) groups is 1. The van der Waals surface area contributed by atoms with Crippen molar-refractivity contribution in [3.8, 4) is 0 Å². The molecule has 5 heteroatoms. The van der Waals surface area contributed by atoms with Gasteiger partial charge in [0.05, 0.1) is 18.2 Å². The van der Waals surface area contributed by atoms with Gasteiger partial charge in [0, 0.05) is 11.6 Å². The third-order valence-corrected chi connectivity index (χ3v) is 4.76. The minimum absolute atomic E-state index is 0.0345. The highest BCUT2D eigenvalue weighted by molar-refractivity contribution is 5.80. The van der Waals surface area contributed by atoms with Crippen LogP contribution in [0, 0.1) is 19.7 Å². The first-order chi connectivity index (χ1) is 10.9. The van der Waals surface area contributed by atoms with Gasteiger partial charge in [-0.1, -0.05) is 11.2 Å². The number of fused-ring (bicyclic) bond motifs is 1. The lowest BCUT2D eigenvalue weighted by Crippen LogP contribution is -2.45. The van der Waals surface area contributed by atoms with E-state index in [0.29, 0.717) is 12.2 Å². The molecule has 0 unspecified atom stereocenters. The first-order valence-corrected chi connectivity index (χ1v) is 7.89. The smallest absolute Gasteiger partial charge is 0.227 e. The van der Waals surface area contributed by atoms with E-state index in [1.807, 2.05) is 32.6 Å². The summed E-state index contributed by atoms with van der Waals surface area (Å²) in [5, 5.41) is 3.91. The van der Waals surface area contributed by atoms with Crippen molar-refractivity contribution in [3.05, 3.63) is 52.2 Å². The minimum Gasteiger partial charge on any atom is -0.361 e. The Bertz CT molecular complexity index is 734. The molecule has 0 bridgehead atoms. The van der Waals surface area contributed by atoms with Gasteiger partial charge in [0.15, 0.2) is 0 Å². The molecule has 0 saturated carbocycles. The fourth-order valence-electron chi connectivity index (χ4n) is 3.57. The first kappa shape index (κ1) is 15.7. The zero-order valence-electron chi connectivity index (χ0n) is 13.9. The summed E-state index contributed by atoms with van der Waals surface area (Å²) >= 11 is 0. The second-order valence-electron chi connectivity index (χ2n) is 6.35. The van der Waals surface area contributed by atoms with E-state index in [1.165, 1.54) is 6.07 Å². The molecule has 1 amide bonds. The Morgan fingerprint density at radius 1 is 1.39 bits per heavy atom. The Labute approximate surface area is 135 Å². The van der Waals surface area contributed by atoms with E-state index >= 15 is 0 Å². The molecule has 1 aromatic carbocycles. The van der Waals surface area contributed by atoms with Crippen LogP contribution in [0.4, 0.5) is 4.39 Å². The first-order valence-electron chi connectivity index (χ1n) is 7.89. The molecule has 0 aliphatic carbocycles. The molecule has 0 radical (unpaired) electrons. The molecule has 2 heterocycles. The second-order valence-corrected chi connectivity index (χ2v) is 6.35. The maximum absolute atomic E-state index is 13.4. The average Bonchev–Trinajstić information content (AvgIpc) is 2.78. The van der Waals surface area contributed by atoms with Crippen molar-refractivity contribution in [1.29, 1.82) is 0 Å². The fourth-order valence-corrected chi connectivity index (χ4v) is 3.57. The van der Waals surface area contributed by atoms with Crippen LogP contribution < -0.4 is 0 Å². The number of halogens is 1. The van der Waals surface area contributed by atoms with Gasteiger partial charge in [-0.2, -0.15) is 0 Å². The van der Waals surface area contributed by atoms with Crippen LogP contribution in [0.25, 0.3) is 0 Å². The normalized spacial score (nSPS) is 20.5. The number of aryl methyl sites for hydroxylation is 2. The molecule has 2 atom stereocenters. The number of nitrogens with zero attached hydrogens (tertiary/aromatic N) is 2. The van der Waals surface area contributed by atoms with Gasteiger partial charge >= 0.3 is 0 Å². The molecule has 4 nitrogen and oxygen atoms in total. The molecule has 1 aliphatic rings. The predicted molar refractivity (Wildman–Crippen MR) is 84.5 cm³/mol. The summed E-state index contributed by atoms with van der Waals surface area (Å²) in [6.07, 6.45) is 0.956. The van der Waals surface area contributed by atoms with Crippen LogP contribution in [-0.2, 0) is 17.6 Å². The van der Waals surface area contributed by atoms with Crippen molar-refractivity contribution < 1.29 is 13.7 Å². The number of aromatic nitrogens is 1. The topological polar surface area (TPSA) is 46.3 Å². The molecule has 0 saturated heterocycles. The van der Waals surface area contributed by atoms with Crippen LogP contribution in [0.5, 0.6) is 0 Å². The van der Waals surface area contributed by atoms with Crippen molar-refractivity contribution in [1.82, 2.24) is 10.1 Å². The van der Waals surface area contributed by atoms with E-state index in [-0.39, 0.29) is 30.2 Å². The summed E-state index contributed by atoms with van der Waals surface area (Å²) in [6, 6.07) is 4.80. The highest BCUT2D eigenvalue weighted by Gasteiger charge is 2.33. The van der Waals surface area contributed by atoms with Crippen LogP contribution in [0.1, 0.15) is 48.0 Å². The summed E-state index contributed by atoms with van der Waals surface area (Å²) < 4.78 is 18.6. The number of carbonyl (C=O) groups excluding carboxylic acids is 1. The minimum atomic E-state index is -0.223. The van der Waals surface area contributed by atoms with E-state index in [1.54, 1.807) is 12.1 Å². The molecule has 2 aromatic rings. The summed E-state index contributed by atoms with van der Waals surface area (Å²) in [7, 11) is 0. The molecule has 122 valence electrons. The van der Waals surface area contributed by atoms with E-state index in [2.05, 4.69) is 5.16 Å². The zero-order valence-corrected chi connectivity index (χ0v) is 13.9. The van der Waals surface area contributed by atoms with Crippen molar-refractivity contribution in [2.75, 3.05) is 0 Å². The lowest BCUT2D eigenvalue weighted by atomic mass is 9.89. The Morgan fingerprint density at radius 3 is 2.78 bits per heavy atom. The zero-order chi connectivity index (χ0) is 16.7. The number of rotatable bonds is 2. The van der Waals surface area contributed by atoms with Crippen molar-refractivity contribution >= 4 is 5.91 Å². The van der Waals surface area contributed by atoms with Gasteiger partial charge in [-0.3, -0.25) is 4.79 Å². The van der Waals surface area contributed by atoms with Gasteiger partial charge < -0.3 is 9.42 Å². The largest absolute Gasteiger partial charge is 0.361 e. The Kier molecular flexibility index (Phi) is 3.96. The van der Waals surface area contributed by atoms with Crippen LogP contribution in [-0.4, -0.2) is 22.0 Å². The number of hydrogen-bond acceptors (Lipinski definition) is 3. The monoisotopic (exact) mass is 316 g/mol. The SMILES string of the molecule is Cc1noc(C)c1CC(=O)N1[C@H](C)c2ccc(F)cc2C[C@@H]1C. The highest BCUT2D eigenvalue weighted by Crippen LogP contribution is 2.34. The van der Waals surface area contributed by atoms with Gasteiger partial charge in [-0.25, -0.2) is 4.39 Å². The lowest BCUT2D eigenvalue weighted by Gasteiger charge is -2.40. The fraction of sp³-hybridized carbons (Fsp3) is 0.444. The summed E-state index contributed by atoms with van der Waals surface area (Å²) in [5.74, 6) is 0.517. The number of benzene rings is 1. The molecule has 0 fully saturated rings. The third-order valence-electron chi connectivity index (χ3n) is 4.76. The number of amides is 1. The van der Waals surface area contributed by atoms with Gasteiger partial charge in [0.2, 0.25) is 5.91 Å². The molecule has 0 spiro atoms. The molecule has 0 N–H and O–H groups in total. The molecule has 3 rings (SSSR count). The average molecular weight is 316 g/mol. The van der Waals surface area contributed by atoms with Gasteiger partial charge in [0.1, 0.15) is 11.6 Å². The van der Waals surface area contributed by atoms with E-state index in [0.717, 1.165) is 22.4 Å². The van der Waals surface area contributed by atoms with E-state index in [9.17, 15) is 9.18 Å². The summed E-state index contributed by atoms with van der Waals surface area (Å²) in [4.78, 5) is 14.7. The van der Waals surface area contributed by atoms with Gasteiger partial charge in [0.25, 0.3) is 0 Å². The summed E-state index contributed by atoms with van der Waals surface area (Å²) in [6.45, 7) is 7.68. The van der Waals surface area contributed by atoms with E-state index in [4.69, 9.17) is 4.52 Å². The van der Waals surface area contributed by atoms with E-state index < -0.39 is 0 Å². The molecular weight excluding hydrogens is 295 g/mol. The maximum Gasteiger partial charge on any atom is 0.227 e. The van der Waals surface area contributed by atoms with Crippen LogP contribution >= 0.6 is 0 Å². The Morgan fingerprint density at radius 2 is 2.13 bits per heavy atom. The standard InChI is InChI=1S/C18H21FN2O2/c1-10-7-14-8-15(19)5-6-16(14)12(3)21(10)18(22)9-17-11(2)20-23-13(17)4/h5-6,8,10,12H,7,9H2,1-4H3/t10-,12+/m0/s1. The van der Waals surface area contributed by atoms with Crippen LogP contribution in [0.2, 0.25) is 0 Å². The lowest BCUT2D eigenvalue weighted by molar-refractivity contribution is -0.135. The summed E-state index contributed by atoms with van der Waals surface area (Å²) in [5.41, 5.74) is 3.64. The van der Waals surface area contributed by atoms with Crippen molar-refractivity contribution in [3.63, 3.8) is 0 Å². The number of hydrogen-bond donors (Lipinski definition) is 0. The van der Waals surface area contributed by atoms with Crippen LogP contribution in [0.3, 0.4) is 0 Å². The molecular formula is C18H21FN2O2. The predicted octanol–water partition coefficient (Wildman–Crippen LogP) is 3.51. The highest BCUT2D eigenvalue weighted by atomic mass is 19.1. The molecule has 23 heavy (non-hydrogen) atoms. The molecule has 1 aromatic heterocycles. The van der Waals surface area contributed by atoms with Crippen molar-refractivity contribution in [2.24, 2.45) is 0 Å². The second kappa shape index (κ2) is 5.80. The molecule has 1 aliphatic heterocycles. The Hall–Kier alpha value is -2.17. The Balaban J connectivity index is 1.88. The van der Waals surface area contributed by atoms with Crippen molar-refractivity contribution in [2.45, 2.75) is 52.6 Å². The quantitative estimate of drug-likeness (QED) is 0.852. The third kappa shape index (κ3) is 2.76. The maximum atomic E-state index is 13.4.